The number of benzene rings is 2. The van der Waals surface area contributed by atoms with Crippen LogP contribution in [0.4, 0.5) is 13.2 Å². The minimum atomic E-state index is -4.32. The van der Waals surface area contributed by atoms with Gasteiger partial charge in [-0.2, -0.15) is 13.2 Å². The van der Waals surface area contributed by atoms with Crippen LogP contribution >= 0.6 is 0 Å². The summed E-state index contributed by atoms with van der Waals surface area (Å²) in [6, 6.07) is 7.40. The summed E-state index contributed by atoms with van der Waals surface area (Å²) in [6.07, 6.45) is -3.72. The summed E-state index contributed by atoms with van der Waals surface area (Å²) in [7, 11) is 0. The van der Waals surface area contributed by atoms with Crippen molar-refractivity contribution < 1.29 is 13.2 Å². The lowest BCUT2D eigenvalue weighted by Crippen LogP contribution is -2.12. The molecule has 3 heteroatoms. The maximum absolute atomic E-state index is 13.5. The number of hydrogen-bond acceptors (Lipinski definition) is 0. The fourth-order valence-electron chi connectivity index (χ4n) is 3.20. The van der Waals surface area contributed by atoms with Crippen molar-refractivity contribution >= 4 is 0 Å². The normalized spacial score (nSPS) is 13.3. The van der Waals surface area contributed by atoms with E-state index in [0.29, 0.717) is 17.5 Å². The minimum absolute atomic E-state index is 0.352. The summed E-state index contributed by atoms with van der Waals surface area (Å²) < 4.78 is 40.5. The van der Waals surface area contributed by atoms with E-state index in [-0.39, 0.29) is 0 Å². The van der Waals surface area contributed by atoms with Gasteiger partial charge in [-0.15, -0.1) is 0 Å². The first kappa shape index (κ1) is 13.2. The van der Waals surface area contributed by atoms with Gasteiger partial charge in [0.15, 0.2) is 0 Å². The predicted octanol–water partition coefficient (Wildman–Crippen LogP) is 5.20. The molecular weight excluding hydrogens is 261 g/mol. The molecule has 104 valence electrons. The van der Waals surface area contributed by atoms with E-state index < -0.39 is 11.7 Å². The number of alkyl halides is 3. The molecule has 0 atom stereocenters. The highest BCUT2D eigenvalue weighted by molar-refractivity contribution is 5.83. The quantitative estimate of drug-likeness (QED) is 0.529. The molecular formula is C17H15F3. The van der Waals surface area contributed by atoms with Crippen molar-refractivity contribution in [1.29, 1.82) is 0 Å². The van der Waals surface area contributed by atoms with Crippen molar-refractivity contribution in [3.05, 3.63) is 57.6 Å². The Morgan fingerprint density at radius 3 is 2.20 bits per heavy atom. The van der Waals surface area contributed by atoms with E-state index in [2.05, 4.69) is 0 Å². The average Bonchev–Trinajstić information content (AvgIpc) is 2.74. The van der Waals surface area contributed by atoms with Crippen LogP contribution in [0.2, 0.25) is 0 Å². The molecule has 0 unspecified atom stereocenters. The number of rotatable bonds is 0. The highest BCUT2D eigenvalue weighted by Gasteiger charge is 2.40. The largest absolute Gasteiger partial charge is 0.417 e. The highest BCUT2D eigenvalue weighted by atomic mass is 19.4. The van der Waals surface area contributed by atoms with E-state index >= 15 is 0 Å². The molecule has 0 bridgehead atoms. The number of hydrogen-bond donors (Lipinski definition) is 0. The van der Waals surface area contributed by atoms with Crippen LogP contribution in [0.15, 0.2) is 24.3 Å². The molecule has 0 aromatic heterocycles. The second-order valence-electron chi connectivity index (χ2n) is 5.44. The molecule has 0 spiro atoms. The zero-order valence-electron chi connectivity index (χ0n) is 11.7. The van der Waals surface area contributed by atoms with Gasteiger partial charge in [-0.3, -0.25) is 0 Å². The zero-order chi connectivity index (χ0) is 14.7. The standard InChI is InChI=1S/C17H15F3/c1-9-10(2)14-8-12-6-4-5-7-13(12)15(14)16(11(9)3)17(18,19)20/h4-7H,8H2,1-3H3. The molecule has 0 fully saturated rings. The maximum atomic E-state index is 13.5. The van der Waals surface area contributed by atoms with Crippen molar-refractivity contribution in [2.45, 2.75) is 33.4 Å². The van der Waals surface area contributed by atoms with Gasteiger partial charge in [-0.05, 0) is 66.1 Å². The van der Waals surface area contributed by atoms with E-state index in [1.165, 1.54) is 0 Å². The number of fused-ring (bicyclic) bond motifs is 3. The Bertz CT molecular complexity index is 709. The second-order valence-corrected chi connectivity index (χ2v) is 5.44. The number of halogens is 3. The first-order valence-electron chi connectivity index (χ1n) is 6.60. The molecule has 2 aromatic carbocycles. The van der Waals surface area contributed by atoms with Crippen molar-refractivity contribution in [1.82, 2.24) is 0 Å². The molecule has 3 rings (SSSR count). The van der Waals surface area contributed by atoms with Gasteiger partial charge >= 0.3 is 6.18 Å². The van der Waals surface area contributed by atoms with Crippen LogP contribution < -0.4 is 0 Å². The second kappa shape index (κ2) is 4.11. The van der Waals surface area contributed by atoms with E-state index in [0.717, 1.165) is 27.8 Å². The molecule has 0 radical (unpaired) electrons. The molecule has 0 aliphatic heterocycles. The third kappa shape index (κ3) is 1.69. The molecule has 0 N–H and O–H groups in total. The first-order valence-corrected chi connectivity index (χ1v) is 6.60. The van der Waals surface area contributed by atoms with Crippen molar-refractivity contribution in [3.8, 4) is 11.1 Å². The van der Waals surface area contributed by atoms with Crippen LogP contribution in [0, 0.1) is 20.8 Å². The SMILES string of the molecule is Cc1c(C)c2c(c(C(F)(F)F)c1C)-c1ccccc1C2. The summed E-state index contributed by atoms with van der Waals surface area (Å²) in [4.78, 5) is 0. The molecule has 20 heavy (non-hydrogen) atoms. The van der Waals surface area contributed by atoms with Crippen LogP contribution in [0.25, 0.3) is 11.1 Å². The van der Waals surface area contributed by atoms with Gasteiger partial charge in [0, 0.05) is 0 Å². The predicted molar refractivity (Wildman–Crippen MR) is 73.9 cm³/mol. The lowest BCUT2D eigenvalue weighted by molar-refractivity contribution is -0.137. The molecule has 1 aliphatic rings. The lowest BCUT2D eigenvalue weighted by atomic mass is 9.88. The zero-order valence-corrected chi connectivity index (χ0v) is 11.7. The van der Waals surface area contributed by atoms with Crippen molar-refractivity contribution in [2.24, 2.45) is 0 Å². The minimum Gasteiger partial charge on any atom is -0.166 e. The lowest BCUT2D eigenvalue weighted by Gasteiger charge is -2.20. The van der Waals surface area contributed by atoms with Crippen LogP contribution in [0.5, 0.6) is 0 Å². The van der Waals surface area contributed by atoms with Gasteiger partial charge in [-0.1, -0.05) is 24.3 Å². The Kier molecular flexibility index (Phi) is 2.72. The summed E-state index contributed by atoms with van der Waals surface area (Å²) >= 11 is 0. The molecule has 0 saturated heterocycles. The van der Waals surface area contributed by atoms with Gasteiger partial charge in [0.1, 0.15) is 0 Å². The Morgan fingerprint density at radius 2 is 1.55 bits per heavy atom. The van der Waals surface area contributed by atoms with Crippen molar-refractivity contribution in [2.75, 3.05) is 0 Å². The van der Waals surface area contributed by atoms with Crippen LogP contribution in [0.1, 0.15) is 33.4 Å². The Morgan fingerprint density at radius 1 is 0.900 bits per heavy atom. The summed E-state index contributed by atoms with van der Waals surface area (Å²) in [6.45, 7) is 5.28. The third-order valence-corrected chi connectivity index (χ3v) is 4.44. The topological polar surface area (TPSA) is 0 Å². The fourth-order valence-corrected chi connectivity index (χ4v) is 3.20. The summed E-state index contributed by atoms with van der Waals surface area (Å²) in [5.74, 6) is 0. The fraction of sp³-hybridized carbons (Fsp3) is 0.294. The van der Waals surface area contributed by atoms with E-state index in [1.54, 1.807) is 26.0 Å². The molecule has 2 aromatic rings. The average molecular weight is 276 g/mol. The Labute approximate surface area is 116 Å². The van der Waals surface area contributed by atoms with Crippen LogP contribution in [-0.2, 0) is 12.6 Å². The Hall–Kier alpha value is -1.77. The molecule has 0 amide bonds. The third-order valence-electron chi connectivity index (χ3n) is 4.44. The van der Waals surface area contributed by atoms with E-state index in [1.807, 2.05) is 19.1 Å². The van der Waals surface area contributed by atoms with E-state index in [9.17, 15) is 13.2 Å². The highest BCUT2D eigenvalue weighted by Crippen LogP contribution is 2.48. The van der Waals surface area contributed by atoms with Crippen molar-refractivity contribution in [3.63, 3.8) is 0 Å². The molecule has 0 heterocycles. The van der Waals surface area contributed by atoms with Crippen LogP contribution in [-0.4, -0.2) is 0 Å². The summed E-state index contributed by atoms with van der Waals surface area (Å²) in [5.41, 5.74) is 4.59. The van der Waals surface area contributed by atoms with Crippen LogP contribution in [0.3, 0.4) is 0 Å². The van der Waals surface area contributed by atoms with E-state index in [4.69, 9.17) is 0 Å². The van der Waals surface area contributed by atoms with Gasteiger partial charge < -0.3 is 0 Å². The van der Waals surface area contributed by atoms with Gasteiger partial charge in [0.2, 0.25) is 0 Å². The molecule has 0 saturated carbocycles. The Balaban J connectivity index is 2.45. The first-order chi connectivity index (χ1) is 9.32. The van der Waals surface area contributed by atoms with Gasteiger partial charge in [0.05, 0.1) is 5.56 Å². The smallest absolute Gasteiger partial charge is 0.166 e. The van der Waals surface area contributed by atoms with Gasteiger partial charge in [0.25, 0.3) is 0 Å². The maximum Gasteiger partial charge on any atom is 0.417 e. The monoisotopic (exact) mass is 276 g/mol. The molecule has 1 aliphatic carbocycles. The van der Waals surface area contributed by atoms with Gasteiger partial charge in [-0.25, -0.2) is 0 Å². The molecule has 0 nitrogen and oxygen atoms in total. The summed E-state index contributed by atoms with van der Waals surface area (Å²) in [5, 5.41) is 0.